The molecule has 41 heavy (non-hydrogen) atoms. The average molecular weight is 600 g/mol. The van der Waals surface area contributed by atoms with Gasteiger partial charge in [-0.15, -0.1) is 0 Å². The molecule has 0 spiro atoms. The Hall–Kier alpha value is -2.92. The number of anilines is 1. The maximum Gasteiger partial charge on any atom is 0.476 e. The summed E-state index contributed by atoms with van der Waals surface area (Å²) in [4.78, 5) is 19.1. The van der Waals surface area contributed by atoms with E-state index in [4.69, 9.17) is 24.3 Å². The number of aromatic nitrogens is 1. The van der Waals surface area contributed by atoms with E-state index in [2.05, 4.69) is 12.1 Å². The predicted molar refractivity (Wildman–Crippen MR) is 158 cm³/mol. The number of carbonyl (C=O) groups is 1. The first-order chi connectivity index (χ1) is 19.1. The van der Waals surface area contributed by atoms with Gasteiger partial charge >= 0.3 is 7.82 Å². The second kappa shape index (κ2) is 12.9. The molecule has 1 unspecified atom stereocenters. The van der Waals surface area contributed by atoms with Gasteiger partial charge in [-0.25, -0.2) is 9.55 Å². The molecular weight excluding hydrogens is 561 g/mol. The molecule has 1 fully saturated rings. The van der Waals surface area contributed by atoms with Gasteiger partial charge in [0.05, 0.1) is 28.4 Å². The van der Waals surface area contributed by atoms with Gasteiger partial charge in [-0.05, 0) is 65.5 Å². The number of hydrogen-bond acceptors (Lipinski definition) is 10. The summed E-state index contributed by atoms with van der Waals surface area (Å²) in [6.07, 6.45) is 0.358. The molecule has 2 N–H and O–H groups in total. The SMILES string of the molecule is CCc1c(C#N)c(SC(C(N)=O)c2ccccc2)nc(N2CC[C@H](OP(=O)(OC(C)(C)C)OC(C)(C)C)C2)c1C#N. The number of rotatable bonds is 10. The van der Waals surface area contributed by atoms with E-state index in [-0.39, 0.29) is 17.7 Å². The van der Waals surface area contributed by atoms with Crippen LogP contribution >= 0.6 is 19.6 Å². The summed E-state index contributed by atoms with van der Waals surface area (Å²) in [7, 11) is -3.96. The van der Waals surface area contributed by atoms with Gasteiger partial charge in [0.2, 0.25) is 5.91 Å². The normalized spacial score (nSPS) is 16.7. The molecule has 0 saturated carbocycles. The molecule has 1 amide bonds. The number of pyridine rings is 1. The van der Waals surface area contributed by atoms with Crippen LogP contribution in [0.3, 0.4) is 0 Å². The van der Waals surface area contributed by atoms with Gasteiger partial charge in [-0.3, -0.25) is 18.4 Å². The first kappa shape index (κ1) is 32.6. The number of phosphoric ester groups is 1. The Morgan fingerprint density at radius 1 is 1.12 bits per heavy atom. The van der Waals surface area contributed by atoms with Gasteiger partial charge in [-0.1, -0.05) is 49.0 Å². The molecule has 1 aromatic carbocycles. The molecule has 0 aliphatic carbocycles. The van der Waals surface area contributed by atoms with Crippen molar-refractivity contribution in [3.8, 4) is 12.1 Å². The lowest BCUT2D eigenvalue weighted by atomic mass is 10.0. The zero-order valence-corrected chi connectivity index (χ0v) is 26.3. The molecule has 1 aliphatic heterocycles. The van der Waals surface area contributed by atoms with Crippen LogP contribution in [-0.4, -0.2) is 41.3 Å². The fraction of sp³-hybridized carbons (Fsp3) is 0.517. The maximum atomic E-state index is 13.7. The average Bonchev–Trinajstić information content (AvgIpc) is 3.31. The highest BCUT2D eigenvalue weighted by molar-refractivity contribution is 8.00. The highest BCUT2D eigenvalue weighted by Gasteiger charge is 2.41. The van der Waals surface area contributed by atoms with Crippen LogP contribution in [-0.2, 0) is 29.4 Å². The summed E-state index contributed by atoms with van der Waals surface area (Å²) in [5.74, 6) is -0.199. The first-order valence-electron chi connectivity index (χ1n) is 13.4. The van der Waals surface area contributed by atoms with Crippen LogP contribution in [0.5, 0.6) is 0 Å². The van der Waals surface area contributed by atoms with E-state index in [0.717, 1.165) is 11.8 Å². The van der Waals surface area contributed by atoms with Crippen LogP contribution < -0.4 is 10.6 Å². The summed E-state index contributed by atoms with van der Waals surface area (Å²) in [5, 5.41) is 19.7. The number of hydrogen-bond donors (Lipinski definition) is 1. The summed E-state index contributed by atoms with van der Waals surface area (Å²) in [6.45, 7) is 13.2. The Morgan fingerprint density at radius 2 is 1.71 bits per heavy atom. The largest absolute Gasteiger partial charge is 0.476 e. The third-order valence-corrected chi connectivity index (χ3v) is 9.27. The van der Waals surface area contributed by atoms with E-state index in [9.17, 15) is 19.9 Å². The molecular formula is C29H38N5O5PS. The number of carbonyl (C=O) groups excluding carboxylic acids is 1. The van der Waals surface area contributed by atoms with Gasteiger partial charge < -0.3 is 10.6 Å². The number of nitrogens with zero attached hydrogens (tertiary/aromatic N) is 4. The zero-order chi connectivity index (χ0) is 30.6. The minimum Gasteiger partial charge on any atom is -0.368 e. The molecule has 2 heterocycles. The topological polar surface area (TPSA) is 152 Å². The second-order valence-corrected chi connectivity index (χ2v) is 14.2. The van der Waals surface area contributed by atoms with E-state index >= 15 is 0 Å². The van der Waals surface area contributed by atoms with E-state index in [1.807, 2.05) is 30.0 Å². The van der Waals surface area contributed by atoms with Crippen molar-refractivity contribution in [1.82, 2.24) is 4.98 Å². The molecule has 220 valence electrons. The van der Waals surface area contributed by atoms with Gasteiger partial charge in [-0.2, -0.15) is 10.5 Å². The quantitative estimate of drug-likeness (QED) is 0.253. The van der Waals surface area contributed by atoms with Crippen molar-refractivity contribution < 1.29 is 22.9 Å². The van der Waals surface area contributed by atoms with Crippen molar-refractivity contribution in [3.63, 3.8) is 0 Å². The molecule has 0 radical (unpaired) electrons. The fourth-order valence-corrected chi connectivity index (χ4v) is 7.51. The summed E-state index contributed by atoms with van der Waals surface area (Å²) in [6, 6.07) is 13.4. The first-order valence-corrected chi connectivity index (χ1v) is 15.8. The number of primary amides is 1. The zero-order valence-electron chi connectivity index (χ0n) is 24.6. The van der Waals surface area contributed by atoms with Crippen LogP contribution in [0, 0.1) is 22.7 Å². The van der Waals surface area contributed by atoms with E-state index in [0.29, 0.717) is 41.4 Å². The number of thioether (sulfide) groups is 1. The molecule has 0 bridgehead atoms. The number of nitriles is 2. The minimum absolute atomic E-state index is 0.244. The number of nitrogens with two attached hydrogens (primary N) is 1. The van der Waals surface area contributed by atoms with Crippen molar-refractivity contribution in [2.75, 3.05) is 18.0 Å². The van der Waals surface area contributed by atoms with Crippen LogP contribution in [0.4, 0.5) is 5.82 Å². The minimum atomic E-state index is -3.96. The van der Waals surface area contributed by atoms with Crippen molar-refractivity contribution in [2.24, 2.45) is 5.73 Å². The van der Waals surface area contributed by atoms with E-state index in [1.54, 1.807) is 53.7 Å². The van der Waals surface area contributed by atoms with Crippen LogP contribution in [0.1, 0.15) is 82.4 Å². The smallest absolute Gasteiger partial charge is 0.368 e. The van der Waals surface area contributed by atoms with E-state index in [1.165, 1.54) is 0 Å². The molecule has 10 nitrogen and oxygen atoms in total. The summed E-state index contributed by atoms with van der Waals surface area (Å²) >= 11 is 1.09. The Labute approximate surface area is 246 Å². The second-order valence-electron chi connectivity index (χ2n) is 11.7. The van der Waals surface area contributed by atoms with Gasteiger partial charge in [0.1, 0.15) is 28.2 Å². The lowest BCUT2D eigenvalue weighted by Crippen LogP contribution is -2.29. The number of amides is 1. The fourth-order valence-electron chi connectivity index (χ4n) is 4.45. The number of benzene rings is 1. The summed E-state index contributed by atoms with van der Waals surface area (Å²) in [5.41, 5.74) is 5.95. The molecule has 3 rings (SSSR count). The van der Waals surface area contributed by atoms with Crippen molar-refractivity contribution in [2.45, 2.75) is 88.9 Å². The lowest BCUT2D eigenvalue weighted by Gasteiger charge is -2.32. The Bertz CT molecular complexity index is 1370. The molecule has 1 saturated heterocycles. The highest BCUT2D eigenvalue weighted by Crippen LogP contribution is 2.57. The lowest BCUT2D eigenvalue weighted by molar-refractivity contribution is -0.117. The molecule has 1 aliphatic rings. The van der Waals surface area contributed by atoms with Gasteiger partial charge in [0.25, 0.3) is 0 Å². The Kier molecular flexibility index (Phi) is 10.3. The van der Waals surface area contributed by atoms with Crippen molar-refractivity contribution in [3.05, 3.63) is 52.6 Å². The molecule has 12 heteroatoms. The van der Waals surface area contributed by atoms with Crippen LogP contribution in [0.15, 0.2) is 35.4 Å². The Morgan fingerprint density at radius 3 is 2.20 bits per heavy atom. The van der Waals surface area contributed by atoms with Gasteiger partial charge in [0.15, 0.2) is 0 Å². The third-order valence-electron chi connectivity index (χ3n) is 5.91. The summed E-state index contributed by atoms with van der Waals surface area (Å²) < 4.78 is 31.3. The third kappa shape index (κ3) is 8.54. The van der Waals surface area contributed by atoms with Crippen molar-refractivity contribution >= 4 is 31.3 Å². The number of phosphoric acid groups is 1. The molecule has 2 aromatic rings. The van der Waals surface area contributed by atoms with Gasteiger partial charge in [0, 0.05) is 13.1 Å². The Balaban J connectivity index is 1.99. The van der Waals surface area contributed by atoms with Crippen molar-refractivity contribution in [1.29, 1.82) is 10.5 Å². The molecule has 1 aromatic heterocycles. The van der Waals surface area contributed by atoms with Crippen LogP contribution in [0.25, 0.3) is 0 Å². The standard InChI is InChI=1S/C29H38N5O5PS/c1-8-21-22(16-30)26(33-27(23(21)17-31)41-24(25(32)35)19-12-10-9-11-13-19)34-15-14-20(18-34)37-40(36,38-28(2,3)4)39-29(5,6)7/h9-13,20,24H,8,14-15,18H2,1-7H3,(H2,32,35)/t20-,24?/m0/s1. The predicted octanol–water partition coefficient (Wildman–Crippen LogP) is 6.04. The maximum absolute atomic E-state index is 13.7. The molecule has 2 atom stereocenters. The highest BCUT2D eigenvalue weighted by atomic mass is 32.2. The van der Waals surface area contributed by atoms with Crippen LogP contribution in [0.2, 0.25) is 0 Å². The van der Waals surface area contributed by atoms with E-state index < -0.39 is 36.3 Å². The monoisotopic (exact) mass is 599 g/mol.